The number of aromatic carboxylic acids is 1. The first kappa shape index (κ1) is 16.4. The van der Waals surface area contributed by atoms with E-state index in [0.717, 1.165) is 45.4 Å². The normalized spacial score (nSPS) is 27.0. The van der Waals surface area contributed by atoms with E-state index in [4.69, 9.17) is 0 Å². The van der Waals surface area contributed by atoms with Gasteiger partial charge in [-0.05, 0) is 50.2 Å². The van der Waals surface area contributed by atoms with Crippen LogP contribution in [0.1, 0.15) is 48.9 Å². The van der Waals surface area contributed by atoms with Crippen LogP contribution < -0.4 is 4.90 Å². The van der Waals surface area contributed by atoms with Crippen LogP contribution in [-0.2, 0) is 4.79 Å². The Morgan fingerprint density at radius 1 is 1.32 bits per heavy atom. The summed E-state index contributed by atoms with van der Waals surface area (Å²) in [4.78, 5) is 32.4. The van der Waals surface area contributed by atoms with Crippen molar-refractivity contribution in [3.05, 3.63) is 23.9 Å². The third-order valence-corrected chi connectivity index (χ3v) is 5.90. The van der Waals surface area contributed by atoms with Gasteiger partial charge in [0.25, 0.3) is 0 Å². The van der Waals surface area contributed by atoms with E-state index in [0.29, 0.717) is 24.1 Å². The molecular formula is C19H25N3O3. The minimum Gasteiger partial charge on any atom is -0.478 e. The van der Waals surface area contributed by atoms with Crippen LogP contribution in [-0.4, -0.2) is 53.0 Å². The second-order valence-electron chi connectivity index (χ2n) is 7.92. The lowest BCUT2D eigenvalue weighted by Crippen LogP contribution is -2.54. The zero-order chi connectivity index (χ0) is 17.4. The van der Waals surface area contributed by atoms with Gasteiger partial charge in [-0.25, -0.2) is 9.78 Å². The Kier molecular flexibility index (Phi) is 4.13. The van der Waals surface area contributed by atoms with Crippen molar-refractivity contribution in [2.24, 2.45) is 11.3 Å². The number of hydrogen-bond acceptors (Lipinski definition) is 4. The Morgan fingerprint density at radius 2 is 2.16 bits per heavy atom. The molecule has 4 rings (SSSR count). The maximum absolute atomic E-state index is 12.3. The van der Waals surface area contributed by atoms with E-state index in [1.54, 1.807) is 18.3 Å². The van der Waals surface area contributed by atoms with Gasteiger partial charge in [-0.2, -0.15) is 0 Å². The minimum atomic E-state index is -0.933. The maximum Gasteiger partial charge on any atom is 0.339 e. The fourth-order valence-electron chi connectivity index (χ4n) is 4.42. The van der Waals surface area contributed by atoms with Crippen LogP contribution in [0.15, 0.2) is 18.3 Å². The van der Waals surface area contributed by atoms with Gasteiger partial charge in [0.15, 0.2) is 0 Å². The number of likely N-dealkylation sites (tertiary alicyclic amines) is 1. The van der Waals surface area contributed by atoms with Crippen LogP contribution in [0.4, 0.5) is 5.82 Å². The first-order chi connectivity index (χ1) is 12.1. The molecule has 1 aromatic rings. The fourth-order valence-corrected chi connectivity index (χ4v) is 4.42. The molecule has 1 N–H and O–H groups in total. The van der Waals surface area contributed by atoms with E-state index in [-0.39, 0.29) is 11.0 Å². The lowest BCUT2D eigenvalue weighted by atomic mass is 9.73. The van der Waals surface area contributed by atoms with Crippen molar-refractivity contribution < 1.29 is 14.7 Å². The summed E-state index contributed by atoms with van der Waals surface area (Å²) in [5.74, 6) is 0.628. The van der Waals surface area contributed by atoms with Crippen molar-refractivity contribution in [2.75, 3.05) is 31.1 Å². The molecule has 0 radical (unpaired) electrons. The van der Waals surface area contributed by atoms with Crippen molar-refractivity contribution in [2.45, 2.75) is 38.5 Å². The highest BCUT2D eigenvalue weighted by Crippen LogP contribution is 2.41. The number of anilines is 1. The van der Waals surface area contributed by atoms with E-state index in [1.165, 1.54) is 12.8 Å². The lowest BCUT2D eigenvalue weighted by molar-refractivity contribution is -0.138. The molecule has 0 unspecified atom stereocenters. The molecule has 1 atom stereocenters. The summed E-state index contributed by atoms with van der Waals surface area (Å²) in [7, 11) is 0. The van der Waals surface area contributed by atoms with Gasteiger partial charge in [0.1, 0.15) is 11.4 Å². The quantitative estimate of drug-likeness (QED) is 0.909. The minimum absolute atomic E-state index is 0.0777. The highest BCUT2D eigenvalue weighted by molar-refractivity contribution is 5.93. The van der Waals surface area contributed by atoms with Crippen LogP contribution in [0.3, 0.4) is 0 Å². The molecular weight excluding hydrogens is 318 g/mol. The molecule has 3 heterocycles. The van der Waals surface area contributed by atoms with Gasteiger partial charge in [0.2, 0.25) is 5.91 Å². The average molecular weight is 343 g/mol. The van der Waals surface area contributed by atoms with Crippen LogP contribution in [0, 0.1) is 11.3 Å². The Bertz CT molecular complexity index is 688. The molecule has 1 aliphatic carbocycles. The first-order valence-electron chi connectivity index (χ1n) is 9.27. The van der Waals surface area contributed by atoms with Crippen LogP contribution in [0.2, 0.25) is 0 Å². The molecule has 1 spiro atoms. The number of carboxylic acids is 1. The van der Waals surface area contributed by atoms with Crippen molar-refractivity contribution in [3.8, 4) is 0 Å². The van der Waals surface area contributed by atoms with E-state index >= 15 is 0 Å². The van der Waals surface area contributed by atoms with Gasteiger partial charge in [0, 0.05) is 44.2 Å². The molecule has 3 aliphatic rings. The summed E-state index contributed by atoms with van der Waals surface area (Å²) in [6.45, 7) is 3.34. The summed E-state index contributed by atoms with van der Waals surface area (Å²) < 4.78 is 0. The first-order valence-corrected chi connectivity index (χ1v) is 9.27. The molecule has 1 amide bonds. The van der Waals surface area contributed by atoms with Crippen molar-refractivity contribution in [1.29, 1.82) is 0 Å². The Labute approximate surface area is 147 Å². The number of hydrogen-bond donors (Lipinski definition) is 1. The molecule has 1 aromatic heterocycles. The monoisotopic (exact) mass is 343 g/mol. The molecule has 2 saturated heterocycles. The van der Waals surface area contributed by atoms with Gasteiger partial charge in [-0.3, -0.25) is 4.79 Å². The Morgan fingerprint density at radius 3 is 2.92 bits per heavy atom. The molecule has 6 nitrogen and oxygen atoms in total. The number of amides is 1. The largest absolute Gasteiger partial charge is 0.478 e. The van der Waals surface area contributed by atoms with Gasteiger partial charge >= 0.3 is 5.97 Å². The highest BCUT2D eigenvalue weighted by atomic mass is 16.4. The Hall–Kier alpha value is -2.11. The molecule has 0 aromatic carbocycles. The third kappa shape index (κ3) is 3.34. The number of nitrogens with zero attached hydrogens (tertiary/aromatic N) is 3. The molecule has 0 bridgehead atoms. The van der Waals surface area contributed by atoms with Gasteiger partial charge < -0.3 is 14.9 Å². The number of pyridine rings is 1. The van der Waals surface area contributed by atoms with Gasteiger partial charge in [-0.1, -0.05) is 0 Å². The fraction of sp³-hybridized carbons (Fsp3) is 0.632. The SMILES string of the molecule is O=C(O)c1cccnc1N1CCC[C@@]2(CCC(=O)N(CC3CC3)C2)C1. The van der Waals surface area contributed by atoms with E-state index in [9.17, 15) is 14.7 Å². The smallest absolute Gasteiger partial charge is 0.339 e. The van der Waals surface area contributed by atoms with E-state index < -0.39 is 5.97 Å². The summed E-state index contributed by atoms with van der Waals surface area (Å²) in [6, 6.07) is 3.29. The van der Waals surface area contributed by atoms with Gasteiger partial charge in [0.05, 0.1) is 0 Å². The third-order valence-electron chi connectivity index (χ3n) is 5.90. The number of aromatic nitrogens is 1. The number of carbonyl (C=O) groups is 2. The number of carboxylic acid groups (broad SMARTS) is 1. The molecule has 3 fully saturated rings. The topological polar surface area (TPSA) is 73.7 Å². The maximum atomic E-state index is 12.3. The summed E-state index contributed by atoms with van der Waals surface area (Å²) >= 11 is 0. The molecule has 134 valence electrons. The molecule has 2 aliphatic heterocycles. The predicted octanol–water partition coefficient (Wildman–Crippen LogP) is 2.40. The number of carbonyl (C=O) groups excluding carboxylic acids is 1. The second kappa shape index (κ2) is 6.32. The van der Waals surface area contributed by atoms with Crippen molar-refractivity contribution >= 4 is 17.7 Å². The van der Waals surface area contributed by atoms with Crippen LogP contribution >= 0.6 is 0 Å². The summed E-state index contributed by atoms with van der Waals surface area (Å²) in [5.41, 5.74) is 0.343. The van der Waals surface area contributed by atoms with Crippen molar-refractivity contribution in [3.63, 3.8) is 0 Å². The molecule has 1 saturated carbocycles. The lowest BCUT2D eigenvalue weighted by Gasteiger charge is -2.48. The zero-order valence-electron chi connectivity index (χ0n) is 14.5. The van der Waals surface area contributed by atoms with E-state index in [1.807, 2.05) is 0 Å². The standard InChI is InChI=1S/C19H25N3O3/c23-16-6-8-19(13-22(16)11-14-4-5-14)7-2-10-21(12-19)17-15(18(24)25)3-1-9-20-17/h1,3,9,14H,2,4-8,10-13H2,(H,24,25)/t19-/m1/s1. The van der Waals surface area contributed by atoms with Crippen molar-refractivity contribution in [1.82, 2.24) is 9.88 Å². The zero-order valence-corrected chi connectivity index (χ0v) is 14.5. The van der Waals surface area contributed by atoms with E-state index in [2.05, 4.69) is 14.8 Å². The molecule has 25 heavy (non-hydrogen) atoms. The van der Waals surface area contributed by atoms with Gasteiger partial charge in [-0.15, -0.1) is 0 Å². The average Bonchev–Trinajstić information content (AvgIpc) is 3.43. The highest BCUT2D eigenvalue weighted by Gasteiger charge is 2.43. The summed E-state index contributed by atoms with van der Waals surface area (Å²) in [5, 5.41) is 9.46. The second-order valence-corrected chi connectivity index (χ2v) is 7.92. The summed E-state index contributed by atoms with van der Waals surface area (Å²) in [6.07, 6.45) is 7.80. The van der Waals surface area contributed by atoms with Crippen LogP contribution in [0.25, 0.3) is 0 Å². The number of rotatable bonds is 4. The number of piperidine rings is 2. The predicted molar refractivity (Wildman–Crippen MR) is 93.6 cm³/mol. The Balaban J connectivity index is 1.54. The molecule has 6 heteroatoms. The van der Waals surface area contributed by atoms with Crippen LogP contribution in [0.5, 0.6) is 0 Å².